The molecule has 0 aromatic carbocycles. The summed E-state index contributed by atoms with van der Waals surface area (Å²) in [5.74, 6) is -0.969. The van der Waals surface area contributed by atoms with E-state index in [2.05, 4.69) is 154 Å². The highest BCUT2D eigenvalue weighted by Crippen LogP contribution is 2.15. The fraction of sp³-hybridized carbons (Fsp3) is 0.648. The lowest BCUT2D eigenvalue weighted by Gasteiger charge is -2.18. The van der Waals surface area contributed by atoms with Crippen molar-refractivity contribution < 1.29 is 28.6 Å². The maximum absolute atomic E-state index is 12.9. The van der Waals surface area contributed by atoms with Gasteiger partial charge in [0.15, 0.2) is 6.10 Å². The summed E-state index contributed by atoms with van der Waals surface area (Å²) in [5.41, 5.74) is 0. The van der Waals surface area contributed by atoms with Gasteiger partial charge >= 0.3 is 17.9 Å². The molecule has 0 aliphatic carbocycles. The molecule has 436 valence electrons. The van der Waals surface area contributed by atoms with Crippen molar-refractivity contribution in [2.75, 3.05) is 13.2 Å². The van der Waals surface area contributed by atoms with Crippen LogP contribution in [0.25, 0.3) is 0 Å². The Morgan fingerprint density at radius 3 is 0.818 bits per heavy atom. The van der Waals surface area contributed by atoms with Crippen molar-refractivity contribution in [2.24, 2.45) is 0 Å². The van der Waals surface area contributed by atoms with E-state index < -0.39 is 6.10 Å². The molecule has 0 amide bonds. The number of allylic oxidation sites excluding steroid dienone is 22. The first kappa shape index (κ1) is 72.5. The minimum atomic E-state index is -0.813. The maximum Gasteiger partial charge on any atom is 0.306 e. The van der Waals surface area contributed by atoms with E-state index in [0.717, 1.165) is 135 Å². The van der Waals surface area contributed by atoms with Crippen LogP contribution in [0.2, 0.25) is 0 Å². The van der Waals surface area contributed by atoms with Gasteiger partial charge in [0.05, 0.1) is 0 Å². The van der Waals surface area contributed by atoms with Crippen molar-refractivity contribution in [1.29, 1.82) is 0 Å². The average Bonchev–Trinajstić information content (AvgIpc) is 3.43. The Morgan fingerprint density at radius 1 is 0.273 bits per heavy atom. The van der Waals surface area contributed by atoms with Crippen LogP contribution in [0, 0.1) is 0 Å². The Labute approximate surface area is 475 Å². The molecule has 6 heteroatoms. The van der Waals surface area contributed by atoms with Crippen LogP contribution in [0.4, 0.5) is 0 Å². The minimum absolute atomic E-state index is 0.110. The summed E-state index contributed by atoms with van der Waals surface area (Å²) < 4.78 is 16.9. The van der Waals surface area contributed by atoms with Crippen LogP contribution in [-0.2, 0) is 28.6 Å². The zero-order valence-electron chi connectivity index (χ0n) is 49.9. The zero-order valence-corrected chi connectivity index (χ0v) is 49.9. The van der Waals surface area contributed by atoms with E-state index >= 15 is 0 Å². The van der Waals surface area contributed by atoms with Crippen LogP contribution in [0.1, 0.15) is 278 Å². The van der Waals surface area contributed by atoms with E-state index in [1.54, 1.807) is 0 Å². The second-order valence-corrected chi connectivity index (χ2v) is 20.5. The Bertz CT molecular complexity index is 1560. The molecule has 0 heterocycles. The summed E-state index contributed by atoms with van der Waals surface area (Å²) in [6.07, 6.45) is 90.2. The third-order valence-corrected chi connectivity index (χ3v) is 13.1. The third-order valence-electron chi connectivity index (χ3n) is 13.1. The molecule has 0 atom stereocenters. The molecule has 0 aliphatic heterocycles. The molecule has 0 spiro atoms. The standard InChI is InChI=1S/C71H116O6/c1-4-7-10-13-16-19-22-25-28-31-34-35-38-41-44-47-50-53-56-59-62-65-71(74)77-68(66-75-69(72)63-60-57-54-51-48-45-42-39-36-32-29-26-23-20-17-14-11-8-5-2)67-76-70(73)64-61-58-55-52-49-46-43-40-37-33-30-27-24-21-18-15-12-9-6-3/h8-9,11-12,17-18,20-21,25-30,36-37,39-40,45-46,48-49,68H,4-7,10,13-16,19,22-24,31-35,38,41-44,47,50-67H2,1-3H3/b11-8-,12-9-,20-17-,21-18-,28-25-,29-26-,30-27-,39-36-,40-37-,48-45-,49-46-. The minimum Gasteiger partial charge on any atom is -0.462 e. The molecule has 0 fully saturated rings. The van der Waals surface area contributed by atoms with Gasteiger partial charge in [0.1, 0.15) is 13.2 Å². The van der Waals surface area contributed by atoms with Gasteiger partial charge in [-0.3, -0.25) is 14.4 Å². The van der Waals surface area contributed by atoms with Gasteiger partial charge in [0.2, 0.25) is 0 Å². The predicted octanol–water partition coefficient (Wildman–Crippen LogP) is 21.8. The smallest absolute Gasteiger partial charge is 0.306 e. The number of hydrogen-bond acceptors (Lipinski definition) is 6. The van der Waals surface area contributed by atoms with Gasteiger partial charge < -0.3 is 14.2 Å². The lowest BCUT2D eigenvalue weighted by molar-refractivity contribution is -0.167. The van der Waals surface area contributed by atoms with Crippen molar-refractivity contribution in [1.82, 2.24) is 0 Å². The summed E-state index contributed by atoms with van der Waals surface area (Å²) in [4.78, 5) is 38.3. The van der Waals surface area contributed by atoms with E-state index in [-0.39, 0.29) is 31.1 Å². The highest BCUT2D eigenvalue weighted by molar-refractivity contribution is 5.71. The average molecular weight is 1070 g/mol. The molecule has 0 rings (SSSR count). The highest BCUT2D eigenvalue weighted by Gasteiger charge is 2.19. The monoisotopic (exact) mass is 1060 g/mol. The normalized spacial score (nSPS) is 12.7. The highest BCUT2D eigenvalue weighted by atomic mass is 16.6. The molecule has 0 radical (unpaired) electrons. The first-order valence-corrected chi connectivity index (χ1v) is 31.7. The van der Waals surface area contributed by atoms with E-state index in [1.807, 2.05) is 0 Å². The van der Waals surface area contributed by atoms with Crippen molar-refractivity contribution in [3.8, 4) is 0 Å². The van der Waals surface area contributed by atoms with Gasteiger partial charge in [-0.1, -0.05) is 257 Å². The van der Waals surface area contributed by atoms with Crippen LogP contribution < -0.4 is 0 Å². The fourth-order valence-corrected chi connectivity index (χ4v) is 8.43. The fourth-order valence-electron chi connectivity index (χ4n) is 8.43. The predicted molar refractivity (Wildman–Crippen MR) is 334 cm³/mol. The second kappa shape index (κ2) is 64.1. The molecule has 77 heavy (non-hydrogen) atoms. The number of ether oxygens (including phenoxy) is 3. The first-order chi connectivity index (χ1) is 38.0. The number of hydrogen-bond donors (Lipinski definition) is 0. The molecule has 0 saturated heterocycles. The molecule has 0 N–H and O–H groups in total. The molecule has 0 aliphatic rings. The van der Waals surface area contributed by atoms with Gasteiger partial charge in [-0.15, -0.1) is 0 Å². The topological polar surface area (TPSA) is 78.9 Å². The number of carbonyl (C=O) groups is 3. The second-order valence-electron chi connectivity index (χ2n) is 20.5. The Kier molecular flexibility index (Phi) is 60.4. The van der Waals surface area contributed by atoms with Gasteiger partial charge in [-0.05, 0) is 135 Å². The maximum atomic E-state index is 12.9. The molecule has 0 unspecified atom stereocenters. The lowest BCUT2D eigenvalue weighted by Crippen LogP contribution is -2.30. The summed E-state index contributed by atoms with van der Waals surface area (Å²) in [5, 5.41) is 0. The first-order valence-electron chi connectivity index (χ1n) is 31.7. The molecule has 0 aromatic heterocycles. The van der Waals surface area contributed by atoms with E-state index in [4.69, 9.17) is 14.2 Å². The van der Waals surface area contributed by atoms with Gasteiger partial charge in [-0.2, -0.15) is 0 Å². The molecule has 0 aromatic rings. The number of carbonyl (C=O) groups excluding carboxylic acids is 3. The van der Waals surface area contributed by atoms with Gasteiger partial charge in [-0.25, -0.2) is 0 Å². The summed E-state index contributed by atoms with van der Waals surface area (Å²) in [6, 6.07) is 0. The molecular formula is C71H116O6. The summed E-state index contributed by atoms with van der Waals surface area (Å²) >= 11 is 0. The van der Waals surface area contributed by atoms with Crippen molar-refractivity contribution in [2.45, 2.75) is 284 Å². The van der Waals surface area contributed by atoms with E-state index in [9.17, 15) is 14.4 Å². The number of esters is 3. The van der Waals surface area contributed by atoms with Crippen molar-refractivity contribution in [3.05, 3.63) is 134 Å². The third kappa shape index (κ3) is 62.3. The van der Waals surface area contributed by atoms with Crippen LogP contribution >= 0.6 is 0 Å². The van der Waals surface area contributed by atoms with E-state index in [1.165, 1.54) is 103 Å². The van der Waals surface area contributed by atoms with Crippen LogP contribution in [0.3, 0.4) is 0 Å². The van der Waals surface area contributed by atoms with Crippen molar-refractivity contribution in [3.63, 3.8) is 0 Å². The van der Waals surface area contributed by atoms with E-state index in [0.29, 0.717) is 19.3 Å². The van der Waals surface area contributed by atoms with Crippen molar-refractivity contribution >= 4 is 17.9 Å². The number of unbranched alkanes of at least 4 members (excludes halogenated alkanes) is 23. The molecule has 0 saturated carbocycles. The largest absolute Gasteiger partial charge is 0.462 e. The Hall–Kier alpha value is -4.45. The van der Waals surface area contributed by atoms with Gasteiger partial charge in [0.25, 0.3) is 0 Å². The van der Waals surface area contributed by atoms with Crippen LogP contribution in [-0.4, -0.2) is 37.2 Å². The zero-order chi connectivity index (χ0) is 55.7. The summed E-state index contributed by atoms with van der Waals surface area (Å²) in [7, 11) is 0. The van der Waals surface area contributed by atoms with Gasteiger partial charge in [0, 0.05) is 19.3 Å². The van der Waals surface area contributed by atoms with Crippen LogP contribution in [0.15, 0.2) is 134 Å². The summed E-state index contributed by atoms with van der Waals surface area (Å²) in [6.45, 7) is 6.36. The quantitative estimate of drug-likeness (QED) is 0.0261. The SMILES string of the molecule is CC/C=C\C/C=C\C/C=C\C/C=C\C/C=C\CCCCCC(=O)OCC(COC(=O)CCCCC/C=C\C/C=C\C/C=C\C/C=C\C/C=C\CC)OC(=O)CCCCCCCCCCCCC/C=C\CCCCCCCC. The Balaban J connectivity index is 4.51. The lowest BCUT2D eigenvalue weighted by atomic mass is 10.0. The van der Waals surface area contributed by atoms with Crippen LogP contribution in [0.5, 0.6) is 0 Å². The number of rotatable bonds is 56. The molecular weight excluding hydrogens is 949 g/mol. The Morgan fingerprint density at radius 2 is 0.506 bits per heavy atom. The molecule has 0 bridgehead atoms. The molecule has 6 nitrogen and oxygen atoms in total.